The van der Waals surface area contributed by atoms with E-state index in [1.807, 2.05) is 19.9 Å². The molecular formula is C20H25N3O4S. The average molecular weight is 404 g/mol. The normalized spacial score (nSPS) is 10.6. The molecule has 0 fully saturated rings. The SMILES string of the molecule is CCOC(=O)c1[nH]ccc1N(CCOC(C)C)C(=S)NC(=O)c1ccccc1. The van der Waals surface area contributed by atoms with Crippen LogP contribution in [0.1, 0.15) is 41.6 Å². The topological polar surface area (TPSA) is 83.7 Å². The first kappa shape index (κ1) is 21.6. The van der Waals surface area contributed by atoms with Gasteiger partial charge in [0.05, 0.1) is 25.0 Å². The van der Waals surface area contributed by atoms with Gasteiger partial charge >= 0.3 is 5.97 Å². The maximum atomic E-state index is 12.5. The van der Waals surface area contributed by atoms with Gasteiger partial charge in [0.15, 0.2) is 5.11 Å². The highest BCUT2D eigenvalue weighted by molar-refractivity contribution is 7.80. The quantitative estimate of drug-likeness (QED) is 0.520. The zero-order valence-corrected chi connectivity index (χ0v) is 17.0. The van der Waals surface area contributed by atoms with E-state index in [4.69, 9.17) is 21.7 Å². The fraction of sp³-hybridized carbons (Fsp3) is 0.350. The van der Waals surface area contributed by atoms with Gasteiger partial charge in [0, 0.05) is 18.3 Å². The molecule has 1 amide bonds. The molecule has 0 aliphatic heterocycles. The summed E-state index contributed by atoms with van der Waals surface area (Å²) in [7, 11) is 0. The largest absolute Gasteiger partial charge is 0.461 e. The lowest BCUT2D eigenvalue weighted by Gasteiger charge is -2.25. The Balaban J connectivity index is 2.22. The summed E-state index contributed by atoms with van der Waals surface area (Å²) >= 11 is 5.46. The fourth-order valence-corrected chi connectivity index (χ4v) is 2.77. The van der Waals surface area contributed by atoms with Crippen LogP contribution in [-0.2, 0) is 9.47 Å². The van der Waals surface area contributed by atoms with Gasteiger partial charge in [0.2, 0.25) is 0 Å². The molecule has 0 radical (unpaired) electrons. The van der Waals surface area contributed by atoms with Crippen LogP contribution in [0.2, 0.25) is 0 Å². The van der Waals surface area contributed by atoms with Gasteiger partial charge in [-0.3, -0.25) is 10.1 Å². The van der Waals surface area contributed by atoms with Crippen LogP contribution < -0.4 is 10.2 Å². The molecule has 2 rings (SSSR count). The predicted octanol–water partition coefficient (Wildman–Crippen LogP) is 3.14. The number of carbonyl (C=O) groups is 2. The van der Waals surface area contributed by atoms with Gasteiger partial charge in [-0.15, -0.1) is 0 Å². The maximum Gasteiger partial charge on any atom is 0.356 e. The fourth-order valence-electron chi connectivity index (χ4n) is 2.49. The molecule has 0 unspecified atom stereocenters. The van der Waals surface area contributed by atoms with Crippen LogP contribution in [0.15, 0.2) is 42.6 Å². The number of nitrogens with one attached hydrogen (secondary N) is 2. The van der Waals surface area contributed by atoms with Crippen molar-refractivity contribution >= 4 is 34.9 Å². The number of thiocarbonyl (C=S) groups is 1. The second-order valence-electron chi connectivity index (χ2n) is 6.15. The molecule has 0 atom stereocenters. The van der Waals surface area contributed by atoms with Gasteiger partial charge in [-0.1, -0.05) is 18.2 Å². The summed E-state index contributed by atoms with van der Waals surface area (Å²) in [6, 6.07) is 10.5. The lowest BCUT2D eigenvalue weighted by molar-refractivity contribution is 0.0520. The number of nitrogens with zero attached hydrogens (tertiary/aromatic N) is 1. The van der Waals surface area contributed by atoms with E-state index in [9.17, 15) is 9.59 Å². The molecule has 0 bridgehead atoms. The first-order valence-corrected chi connectivity index (χ1v) is 9.48. The molecular weight excluding hydrogens is 378 g/mol. The van der Waals surface area contributed by atoms with Gasteiger partial charge in [0.25, 0.3) is 5.91 Å². The molecule has 1 aromatic heterocycles. The second kappa shape index (κ2) is 10.6. The van der Waals surface area contributed by atoms with Gasteiger partial charge < -0.3 is 19.4 Å². The first-order chi connectivity index (χ1) is 13.4. The van der Waals surface area contributed by atoms with Gasteiger partial charge in [0.1, 0.15) is 5.69 Å². The van der Waals surface area contributed by atoms with Crippen LogP contribution in [0.3, 0.4) is 0 Å². The zero-order valence-electron chi connectivity index (χ0n) is 16.2. The Morgan fingerprint density at radius 3 is 2.57 bits per heavy atom. The molecule has 2 N–H and O–H groups in total. The molecule has 28 heavy (non-hydrogen) atoms. The number of aromatic nitrogens is 1. The number of rotatable bonds is 8. The minimum Gasteiger partial charge on any atom is -0.461 e. The molecule has 0 aliphatic rings. The van der Waals surface area contributed by atoms with E-state index in [1.165, 1.54) is 0 Å². The van der Waals surface area contributed by atoms with Crippen LogP contribution in [0.25, 0.3) is 0 Å². The first-order valence-electron chi connectivity index (χ1n) is 9.08. The van der Waals surface area contributed by atoms with Gasteiger partial charge in [-0.05, 0) is 51.2 Å². The number of anilines is 1. The summed E-state index contributed by atoms with van der Waals surface area (Å²) in [6.07, 6.45) is 1.67. The highest BCUT2D eigenvalue weighted by Gasteiger charge is 2.23. The Morgan fingerprint density at radius 1 is 1.21 bits per heavy atom. The van der Waals surface area contributed by atoms with Crippen LogP contribution in [-0.4, -0.2) is 47.8 Å². The van der Waals surface area contributed by atoms with Gasteiger partial charge in [-0.25, -0.2) is 4.79 Å². The molecule has 1 aromatic carbocycles. The Kier molecular flexibility index (Phi) is 8.16. The number of aromatic amines is 1. The molecule has 150 valence electrons. The maximum absolute atomic E-state index is 12.5. The third-order valence-corrected chi connectivity index (χ3v) is 4.09. The third-order valence-electron chi connectivity index (χ3n) is 3.76. The van der Waals surface area contributed by atoms with Crippen molar-refractivity contribution in [2.75, 3.05) is 24.7 Å². The number of hydrogen-bond acceptors (Lipinski definition) is 5. The predicted molar refractivity (Wildman–Crippen MR) is 112 cm³/mol. The Hall–Kier alpha value is -2.71. The number of H-pyrrole nitrogens is 1. The van der Waals surface area contributed by atoms with E-state index in [-0.39, 0.29) is 29.4 Å². The summed E-state index contributed by atoms with van der Waals surface area (Å²) in [5.74, 6) is -0.817. The molecule has 0 aliphatic carbocycles. The summed E-state index contributed by atoms with van der Waals surface area (Å²) in [5, 5.41) is 2.89. The molecule has 0 saturated carbocycles. The van der Waals surface area contributed by atoms with Crippen LogP contribution in [0.5, 0.6) is 0 Å². The number of ether oxygens (including phenoxy) is 2. The van der Waals surface area contributed by atoms with E-state index in [2.05, 4.69) is 10.3 Å². The van der Waals surface area contributed by atoms with Crippen molar-refractivity contribution in [1.29, 1.82) is 0 Å². The standard InChI is InChI=1S/C20H25N3O4S/c1-4-26-19(25)17-16(10-11-21-17)23(12-13-27-14(2)3)20(28)22-18(24)15-8-6-5-7-9-15/h5-11,14,21H,4,12-13H2,1-3H3,(H,22,24,28). The van der Waals surface area contributed by atoms with E-state index in [0.717, 1.165) is 0 Å². The zero-order chi connectivity index (χ0) is 20.5. The molecule has 7 nitrogen and oxygen atoms in total. The number of benzene rings is 1. The lowest BCUT2D eigenvalue weighted by atomic mass is 10.2. The summed E-state index contributed by atoms with van der Waals surface area (Å²) in [4.78, 5) is 29.2. The molecule has 0 saturated heterocycles. The van der Waals surface area contributed by atoms with Crippen molar-refractivity contribution in [1.82, 2.24) is 10.3 Å². The summed E-state index contributed by atoms with van der Waals surface area (Å²) in [5.41, 5.74) is 1.27. The van der Waals surface area contributed by atoms with Crippen LogP contribution >= 0.6 is 12.2 Å². The molecule has 8 heteroatoms. The highest BCUT2D eigenvalue weighted by atomic mass is 32.1. The van der Waals surface area contributed by atoms with Crippen molar-refractivity contribution in [3.63, 3.8) is 0 Å². The van der Waals surface area contributed by atoms with E-state index in [0.29, 0.717) is 24.4 Å². The van der Waals surface area contributed by atoms with Crippen molar-refractivity contribution in [3.8, 4) is 0 Å². The lowest BCUT2D eigenvalue weighted by Crippen LogP contribution is -2.45. The highest BCUT2D eigenvalue weighted by Crippen LogP contribution is 2.21. The Morgan fingerprint density at radius 2 is 1.93 bits per heavy atom. The monoisotopic (exact) mass is 403 g/mol. The number of esters is 1. The van der Waals surface area contributed by atoms with Crippen molar-refractivity contribution in [2.24, 2.45) is 0 Å². The average Bonchev–Trinajstić information content (AvgIpc) is 3.15. The van der Waals surface area contributed by atoms with E-state index in [1.54, 1.807) is 48.4 Å². The van der Waals surface area contributed by atoms with Crippen molar-refractivity contribution < 1.29 is 19.1 Å². The Labute approximate surface area is 170 Å². The van der Waals surface area contributed by atoms with Gasteiger partial charge in [-0.2, -0.15) is 0 Å². The van der Waals surface area contributed by atoms with E-state index < -0.39 is 5.97 Å². The Bertz CT molecular complexity index is 805. The molecule has 2 aromatic rings. The number of hydrogen-bond donors (Lipinski definition) is 2. The minimum absolute atomic E-state index is 0.0464. The van der Waals surface area contributed by atoms with Crippen LogP contribution in [0, 0.1) is 0 Å². The van der Waals surface area contributed by atoms with Crippen molar-refractivity contribution in [2.45, 2.75) is 26.9 Å². The summed E-state index contributed by atoms with van der Waals surface area (Å²) in [6.45, 7) is 6.57. The third kappa shape index (κ3) is 5.90. The van der Waals surface area contributed by atoms with E-state index >= 15 is 0 Å². The minimum atomic E-state index is -0.491. The number of carbonyl (C=O) groups excluding carboxylic acids is 2. The summed E-state index contributed by atoms with van der Waals surface area (Å²) < 4.78 is 10.7. The van der Waals surface area contributed by atoms with Crippen LogP contribution in [0.4, 0.5) is 5.69 Å². The smallest absolute Gasteiger partial charge is 0.356 e. The molecule has 0 spiro atoms. The van der Waals surface area contributed by atoms with Crippen molar-refractivity contribution in [3.05, 3.63) is 53.9 Å². The molecule has 1 heterocycles. The number of amides is 1. The second-order valence-corrected chi connectivity index (χ2v) is 6.54.